The largest absolute Gasteiger partial charge is 0.481 e. The van der Waals surface area contributed by atoms with Crippen molar-refractivity contribution in [3.8, 4) is 0 Å². The maximum absolute atomic E-state index is 11.6. The van der Waals surface area contributed by atoms with Gasteiger partial charge in [0.25, 0.3) is 0 Å². The van der Waals surface area contributed by atoms with Crippen molar-refractivity contribution in [3.05, 3.63) is 0 Å². The summed E-state index contributed by atoms with van der Waals surface area (Å²) in [6.45, 7) is 0.575. The van der Waals surface area contributed by atoms with Crippen LogP contribution in [0.25, 0.3) is 0 Å². The zero-order chi connectivity index (χ0) is 13.0. The van der Waals surface area contributed by atoms with Crippen LogP contribution in [0, 0.1) is 5.92 Å². The molecule has 0 aliphatic heterocycles. The minimum absolute atomic E-state index is 0.494. The molecule has 96 valence electrons. The van der Waals surface area contributed by atoms with Gasteiger partial charge in [-0.25, -0.2) is 9.59 Å². The Morgan fingerprint density at radius 2 is 1.94 bits per heavy atom. The lowest BCUT2D eigenvalue weighted by molar-refractivity contribution is -0.145. The van der Waals surface area contributed by atoms with E-state index in [1.807, 2.05) is 0 Å². The molecule has 1 saturated carbocycles. The Morgan fingerprint density at radius 3 is 2.35 bits per heavy atom. The number of hydrogen-bond acceptors (Lipinski definition) is 3. The summed E-state index contributed by atoms with van der Waals surface area (Å²) < 4.78 is 0. The van der Waals surface area contributed by atoms with Gasteiger partial charge in [0.1, 0.15) is 6.04 Å². The average Bonchev–Trinajstić information content (AvgIpc) is 2.99. The highest BCUT2D eigenvalue weighted by Crippen LogP contribution is 2.29. The van der Waals surface area contributed by atoms with Gasteiger partial charge in [-0.1, -0.05) is 0 Å². The molecular formula is C10H16N2O5. The molecule has 0 saturated heterocycles. The number of rotatable bonds is 6. The van der Waals surface area contributed by atoms with Crippen molar-refractivity contribution in [2.75, 3.05) is 13.6 Å². The lowest BCUT2D eigenvalue weighted by Crippen LogP contribution is -2.48. The average molecular weight is 244 g/mol. The quantitative estimate of drug-likeness (QED) is 0.608. The number of carbonyl (C=O) groups excluding carboxylic acids is 1. The fourth-order valence-corrected chi connectivity index (χ4v) is 1.40. The molecule has 0 aromatic rings. The predicted octanol–water partition coefficient (Wildman–Crippen LogP) is -0.0343. The van der Waals surface area contributed by atoms with Crippen molar-refractivity contribution in [1.82, 2.24) is 10.2 Å². The Labute approximate surface area is 98.4 Å². The first kappa shape index (κ1) is 13.3. The minimum Gasteiger partial charge on any atom is -0.481 e. The molecule has 1 fully saturated rings. The molecule has 3 N–H and O–H groups in total. The van der Waals surface area contributed by atoms with E-state index in [1.165, 1.54) is 4.90 Å². The second-order valence-electron chi connectivity index (χ2n) is 4.26. The SMILES string of the molecule is CN(CC1CC1)C(=O)NC(CC(=O)O)C(=O)O. The van der Waals surface area contributed by atoms with E-state index in [1.54, 1.807) is 7.05 Å². The van der Waals surface area contributed by atoms with Crippen LogP contribution in [0.15, 0.2) is 0 Å². The minimum atomic E-state index is -1.39. The molecular weight excluding hydrogens is 228 g/mol. The maximum Gasteiger partial charge on any atom is 0.326 e. The lowest BCUT2D eigenvalue weighted by atomic mass is 10.2. The molecule has 17 heavy (non-hydrogen) atoms. The summed E-state index contributed by atoms with van der Waals surface area (Å²) in [5, 5.41) is 19.4. The van der Waals surface area contributed by atoms with E-state index < -0.39 is 30.4 Å². The van der Waals surface area contributed by atoms with Crippen molar-refractivity contribution < 1.29 is 24.6 Å². The van der Waals surface area contributed by atoms with Crippen molar-refractivity contribution in [3.63, 3.8) is 0 Å². The summed E-state index contributed by atoms with van der Waals surface area (Å²) in [5.74, 6) is -2.11. The van der Waals surface area contributed by atoms with Gasteiger partial charge in [-0.05, 0) is 18.8 Å². The Bertz CT molecular complexity index is 327. The van der Waals surface area contributed by atoms with Gasteiger partial charge in [0.05, 0.1) is 6.42 Å². The number of aliphatic carboxylic acids is 2. The summed E-state index contributed by atoms with van der Waals surface area (Å²) in [4.78, 5) is 34.1. The van der Waals surface area contributed by atoms with Crippen LogP contribution in [0.2, 0.25) is 0 Å². The Balaban J connectivity index is 2.44. The van der Waals surface area contributed by atoms with Gasteiger partial charge < -0.3 is 20.4 Å². The Hall–Kier alpha value is -1.79. The van der Waals surface area contributed by atoms with Crippen LogP contribution in [0.1, 0.15) is 19.3 Å². The van der Waals surface area contributed by atoms with Gasteiger partial charge >= 0.3 is 18.0 Å². The number of nitrogens with zero attached hydrogens (tertiary/aromatic N) is 1. The summed E-state index contributed by atoms with van der Waals surface area (Å²) >= 11 is 0. The van der Waals surface area contributed by atoms with E-state index in [0.717, 1.165) is 12.8 Å². The van der Waals surface area contributed by atoms with Crippen molar-refractivity contribution in [2.45, 2.75) is 25.3 Å². The molecule has 0 radical (unpaired) electrons. The van der Waals surface area contributed by atoms with E-state index >= 15 is 0 Å². The topological polar surface area (TPSA) is 107 Å². The lowest BCUT2D eigenvalue weighted by Gasteiger charge is -2.20. The van der Waals surface area contributed by atoms with Crippen LogP contribution in [0.4, 0.5) is 4.79 Å². The fraction of sp³-hybridized carbons (Fsp3) is 0.700. The van der Waals surface area contributed by atoms with Gasteiger partial charge in [0, 0.05) is 13.6 Å². The highest BCUT2D eigenvalue weighted by atomic mass is 16.4. The zero-order valence-corrected chi connectivity index (χ0v) is 9.55. The van der Waals surface area contributed by atoms with Crippen LogP contribution in [-0.2, 0) is 9.59 Å². The van der Waals surface area contributed by atoms with Crippen molar-refractivity contribution in [2.24, 2.45) is 5.92 Å². The first-order valence-electron chi connectivity index (χ1n) is 5.36. The number of amides is 2. The summed E-state index contributed by atoms with van der Waals surface area (Å²) in [7, 11) is 1.56. The molecule has 1 aliphatic rings. The van der Waals surface area contributed by atoms with Crippen LogP contribution in [0.3, 0.4) is 0 Å². The van der Waals surface area contributed by atoms with Gasteiger partial charge in [-0.15, -0.1) is 0 Å². The molecule has 1 unspecified atom stereocenters. The van der Waals surface area contributed by atoms with E-state index in [4.69, 9.17) is 10.2 Å². The number of carboxylic acid groups (broad SMARTS) is 2. The molecule has 0 bridgehead atoms. The summed E-state index contributed by atoms with van der Waals surface area (Å²) in [6, 6.07) is -1.94. The van der Waals surface area contributed by atoms with Gasteiger partial charge in [0.15, 0.2) is 0 Å². The number of urea groups is 1. The van der Waals surface area contributed by atoms with Crippen LogP contribution in [-0.4, -0.2) is 52.7 Å². The number of hydrogen-bond donors (Lipinski definition) is 3. The zero-order valence-electron chi connectivity index (χ0n) is 9.55. The molecule has 1 atom stereocenters. The summed E-state index contributed by atoms with van der Waals surface area (Å²) in [5.41, 5.74) is 0. The smallest absolute Gasteiger partial charge is 0.326 e. The van der Waals surface area contributed by atoms with E-state index in [0.29, 0.717) is 12.5 Å². The molecule has 7 heteroatoms. The van der Waals surface area contributed by atoms with Gasteiger partial charge in [-0.2, -0.15) is 0 Å². The molecule has 0 spiro atoms. The van der Waals surface area contributed by atoms with Crippen molar-refractivity contribution in [1.29, 1.82) is 0 Å². The molecule has 2 amide bonds. The standard InChI is InChI=1S/C10H16N2O5/c1-12(5-6-2-3-6)10(17)11-7(9(15)16)4-8(13)14/h6-7H,2-5H2,1H3,(H,11,17)(H,13,14)(H,15,16). The number of carbonyl (C=O) groups is 3. The van der Waals surface area contributed by atoms with E-state index in [9.17, 15) is 14.4 Å². The number of carboxylic acids is 2. The molecule has 1 aliphatic carbocycles. The number of nitrogens with one attached hydrogen (secondary N) is 1. The Morgan fingerprint density at radius 1 is 1.35 bits per heavy atom. The third-order valence-corrected chi connectivity index (χ3v) is 2.55. The van der Waals surface area contributed by atoms with E-state index in [2.05, 4.69) is 5.32 Å². The highest BCUT2D eigenvalue weighted by Gasteiger charge is 2.28. The Kier molecular flexibility index (Phi) is 4.30. The first-order valence-corrected chi connectivity index (χ1v) is 5.36. The maximum atomic E-state index is 11.6. The van der Waals surface area contributed by atoms with Crippen LogP contribution < -0.4 is 5.32 Å². The second kappa shape index (κ2) is 5.51. The van der Waals surface area contributed by atoms with Crippen LogP contribution in [0.5, 0.6) is 0 Å². The molecule has 1 rings (SSSR count). The first-order chi connectivity index (χ1) is 7.90. The van der Waals surface area contributed by atoms with E-state index in [-0.39, 0.29) is 0 Å². The molecule has 0 aromatic carbocycles. The predicted molar refractivity (Wildman–Crippen MR) is 57.6 cm³/mol. The third kappa shape index (κ3) is 4.71. The fourth-order valence-electron chi connectivity index (χ4n) is 1.40. The molecule has 0 aromatic heterocycles. The molecule has 7 nitrogen and oxygen atoms in total. The summed E-state index contributed by atoms with van der Waals surface area (Å²) in [6.07, 6.45) is 1.53. The monoisotopic (exact) mass is 244 g/mol. The highest BCUT2D eigenvalue weighted by molar-refractivity contribution is 5.86. The van der Waals surface area contributed by atoms with Gasteiger partial charge in [-0.3, -0.25) is 4.79 Å². The van der Waals surface area contributed by atoms with Crippen LogP contribution >= 0.6 is 0 Å². The second-order valence-corrected chi connectivity index (χ2v) is 4.26. The van der Waals surface area contributed by atoms with Crippen molar-refractivity contribution >= 4 is 18.0 Å². The molecule has 0 heterocycles. The normalized spacial score (nSPS) is 16.1. The third-order valence-electron chi connectivity index (χ3n) is 2.55. The van der Waals surface area contributed by atoms with Gasteiger partial charge in [0.2, 0.25) is 0 Å².